The van der Waals surface area contributed by atoms with Crippen molar-refractivity contribution in [2.24, 2.45) is 20.5 Å². The molecule has 0 radical (unpaired) electrons. The number of aryl methyl sites for hydroxylation is 1. The predicted octanol–water partition coefficient (Wildman–Crippen LogP) is 7.11. The maximum Gasteiger partial charge on any atom is 0.0895 e. The van der Waals surface area contributed by atoms with Crippen LogP contribution in [0.5, 0.6) is 0 Å². The van der Waals surface area contributed by atoms with Crippen molar-refractivity contribution in [3.63, 3.8) is 0 Å². The number of nitrogen functional groups attached to an aromatic ring is 2. The van der Waals surface area contributed by atoms with Gasteiger partial charge in [0, 0.05) is 11.4 Å². The third kappa shape index (κ3) is 4.79. The molecule has 28 heavy (non-hydrogen) atoms. The number of hydrogen-bond donors (Lipinski definition) is 2. The lowest BCUT2D eigenvalue weighted by atomic mass is 9.98. The molecule has 0 saturated carbocycles. The number of hydrogen-bond acceptors (Lipinski definition) is 6. The van der Waals surface area contributed by atoms with Gasteiger partial charge in [0.2, 0.25) is 0 Å². The minimum Gasteiger partial charge on any atom is -0.399 e. The maximum atomic E-state index is 5.71. The SMILES string of the molecule is Cc1cc(N=Nc2ccc(N)cc2)c(C(C)C)cc1N=Nc1ccc(N)cc1. The zero-order valence-electron chi connectivity index (χ0n) is 16.3. The van der Waals surface area contributed by atoms with Gasteiger partial charge < -0.3 is 11.5 Å². The van der Waals surface area contributed by atoms with Crippen LogP contribution in [0, 0.1) is 6.92 Å². The van der Waals surface area contributed by atoms with Crippen LogP contribution in [0.15, 0.2) is 81.1 Å². The van der Waals surface area contributed by atoms with Crippen LogP contribution in [0.4, 0.5) is 34.1 Å². The Morgan fingerprint density at radius 3 is 1.57 bits per heavy atom. The van der Waals surface area contributed by atoms with Crippen molar-refractivity contribution >= 4 is 34.1 Å². The van der Waals surface area contributed by atoms with E-state index in [-0.39, 0.29) is 5.92 Å². The van der Waals surface area contributed by atoms with E-state index in [1.807, 2.05) is 55.5 Å². The van der Waals surface area contributed by atoms with Gasteiger partial charge in [-0.1, -0.05) is 13.8 Å². The molecule has 0 aliphatic heterocycles. The number of anilines is 2. The van der Waals surface area contributed by atoms with Gasteiger partial charge in [0.15, 0.2) is 0 Å². The van der Waals surface area contributed by atoms with Crippen LogP contribution in [0.1, 0.15) is 30.9 Å². The van der Waals surface area contributed by atoms with E-state index in [9.17, 15) is 0 Å². The number of nitrogens with zero attached hydrogens (tertiary/aromatic N) is 4. The molecule has 0 atom stereocenters. The standard InChI is InChI=1S/C22H24N6/c1-14(2)20-13-21(27-25-18-8-4-16(23)5-9-18)15(3)12-22(20)28-26-19-10-6-17(24)7-11-19/h4-14H,23-24H2,1-3H3. The summed E-state index contributed by atoms with van der Waals surface area (Å²) >= 11 is 0. The molecule has 142 valence electrons. The van der Waals surface area contributed by atoms with Gasteiger partial charge in [-0.25, -0.2) is 0 Å². The van der Waals surface area contributed by atoms with Crippen LogP contribution in [0.2, 0.25) is 0 Å². The first-order valence-corrected chi connectivity index (χ1v) is 9.11. The molecule has 0 saturated heterocycles. The first-order valence-electron chi connectivity index (χ1n) is 9.11. The van der Waals surface area contributed by atoms with Crippen LogP contribution >= 0.6 is 0 Å². The molecular weight excluding hydrogens is 348 g/mol. The zero-order valence-corrected chi connectivity index (χ0v) is 16.3. The predicted molar refractivity (Wildman–Crippen MR) is 115 cm³/mol. The van der Waals surface area contributed by atoms with Gasteiger partial charge in [-0.15, -0.1) is 0 Å². The molecule has 3 aromatic rings. The highest BCUT2D eigenvalue weighted by Gasteiger charge is 2.11. The molecule has 0 heterocycles. The lowest BCUT2D eigenvalue weighted by Gasteiger charge is -2.11. The molecule has 6 heteroatoms. The Labute approximate surface area is 165 Å². The third-order valence-corrected chi connectivity index (χ3v) is 4.30. The third-order valence-electron chi connectivity index (χ3n) is 4.30. The Morgan fingerprint density at radius 1 is 0.643 bits per heavy atom. The Hall–Kier alpha value is -3.54. The van der Waals surface area contributed by atoms with Crippen molar-refractivity contribution in [3.05, 3.63) is 71.8 Å². The Kier molecular flexibility index (Phi) is 5.79. The summed E-state index contributed by atoms with van der Waals surface area (Å²) in [6.45, 7) is 6.23. The summed E-state index contributed by atoms with van der Waals surface area (Å²) < 4.78 is 0. The van der Waals surface area contributed by atoms with E-state index in [2.05, 4.69) is 34.3 Å². The van der Waals surface area contributed by atoms with Gasteiger partial charge in [0.1, 0.15) is 0 Å². The lowest BCUT2D eigenvalue weighted by Crippen LogP contribution is -1.89. The van der Waals surface area contributed by atoms with Crippen molar-refractivity contribution in [2.75, 3.05) is 11.5 Å². The fraction of sp³-hybridized carbons (Fsp3) is 0.182. The Bertz CT molecular complexity index is 1000. The van der Waals surface area contributed by atoms with Crippen molar-refractivity contribution in [1.29, 1.82) is 0 Å². The monoisotopic (exact) mass is 372 g/mol. The molecule has 0 aromatic heterocycles. The maximum absolute atomic E-state index is 5.71. The minimum atomic E-state index is 0.270. The van der Waals surface area contributed by atoms with Gasteiger partial charge in [-0.2, -0.15) is 20.5 Å². The smallest absolute Gasteiger partial charge is 0.0895 e. The normalized spacial score (nSPS) is 11.7. The van der Waals surface area contributed by atoms with E-state index in [4.69, 9.17) is 11.5 Å². The summed E-state index contributed by atoms with van der Waals surface area (Å²) in [5.41, 5.74) is 18.0. The topological polar surface area (TPSA) is 101 Å². The van der Waals surface area contributed by atoms with Crippen LogP contribution in [0.3, 0.4) is 0 Å². The molecule has 0 aliphatic carbocycles. The van der Waals surface area contributed by atoms with Crippen molar-refractivity contribution < 1.29 is 0 Å². The van der Waals surface area contributed by atoms with E-state index >= 15 is 0 Å². The van der Waals surface area contributed by atoms with E-state index in [1.54, 1.807) is 12.1 Å². The summed E-state index contributed by atoms with van der Waals surface area (Å²) in [5.74, 6) is 0.270. The average molecular weight is 372 g/mol. The molecule has 0 bridgehead atoms. The largest absolute Gasteiger partial charge is 0.399 e. The van der Waals surface area contributed by atoms with E-state index < -0.39 is 0 Å². The second-order valence-corrected chi connectivity index (χ2v) is 6.94. The van der Waals surface area contributed by atoms with E-state index in [0.717, 1.165) is 33.9 Å². The van der Waals surface area contributed by atoms with Gasteiger partial charge in [-0.3, -0.25) is 0 Å². The molecule has 6 nitrogen and oxygen atoms in total. The van der Waals surface area contributed by atoms with Crippen LogP contribution in [-0.4, -0.2) is 0 Å². The number of azo groups is 2. The fourth-order valence-corrected chi connectivity index (χ4v) is 2.66. The summed E-state index contributed by atoms with van der Waals surface area (Å²) in [7, 11) is 0. The van der Waals surface area contributed by atoms with E-state index in [0.29, 0.717) is 11.4 Å². The van der Waals surface area contributed by atoms with Gasteiger partial charge in [-0.05, 0) is 84.6 Å². The van der Waals surface area contributed by atoms with Crippen molar-refractivity contribution in [2.45, 2.75) is 26.7 Å². The van der Waals surface area contributed by atoms with Crippen molar-refractivity contribution in [1.82, 2.24) is 0 Å². The molecule has 3 aromatic carbocycles. The average Bonchev–Trinajstić information content (AvgIpc) is 2.67. The zero-order chi connectivity index (χ0) is 20.1. The summed E-state index contributed by atoms with van der Waals surface area (Å²) in [6.07, 6.45) is 0. The molecule has 3 rings (SSSR count). The van der Waals surface area contributed by atoms with E-state index in [1.165, 1.54) is 0 Å². The van der Waals surface area contributed by atoms with Crippen LogP contribution in [-0.2, 0) is 0 Å². The first-order chi connectivity index (χ1) is 13.4. The summed E-state index contributed by atoms with van der Waals surface area (Å²) in [5, 5.41) is 17.5. The first kappa shape index (κ1) is 19.2. The highest BCUT2D eigenvalue weighted by molar-refractivity contribution is 5.60. The molecular formula is C22H24N6. The highest BCUT2D eigenvalue weighted by Crippen LogP contribution is 2.35. The summed E-state index contributed by atoms with van der Waals surface area (Å²) in [6, 6.07) is 18.6. The van der Waals surface area contributed by atoms with Crippen LogP contribution in [0.25, 0.3) is 0 Å². The fourth-order valence-electron chi connectivity index (χ4n) is 2.66. The second kappa shape index (κ2) is 8.43. The van der Waals surface area contributed by atoms with Crippen molar-refractivity contribution in [3.8, 4) is 0 Å². The number of benzene rings is 3. The Balaban J connectivity index is 1.91. The molecule has 0 aliphatic rings. The second-order valence-electron chi connectivity index (χ2n) is 6.94. The molecule has 0 amide bonds. The quantitative estimate of drug-likeness (QED) is 0.368. The molecule has 0 spiro atoms. The van der Waals surface area contributed by atoms with Gasteiger partial charge in [0.25, 0.3) is 0 Å². The van der Waals surface area contributed by atoms with Gasteiger partial charge in [0.05, 0.1) is 22.7 Å². The molecule has 0 unspecified atom stereocenters. The highest BCUT2D eigenvalue weighted by atomic mass is 15.1. The number of nitrogens with two attached hydrogens (primary N) is 2. The van der Waals surface area contributed by atoms with Crippen LogP contribution < -0.4 is 11.5 Å². The lowest BCUT2D eigenvalue weighted by molar-refractivity contribution is 0.862. The van der Waals surface area contributed by atoms with Gasteiger partial charge >= 0.3 is 0 Å². The molecule has 4 N–H and O–H groups in total. The summed E-state index contributed by atoms with van der Waals surface area (Å²) in [4.78, 5) is 0. The minimum absolute atomic E-state index is 0.270. The molecule has 0 fully saturated rings. The Morgan fingerprint density at radius 2 is 1.11 bits per heavy atom. The number of rotatable bonds is 5.